The van der Waals surface area contributed by atoms with E-state index in [2.05, 4.69) is 16.4 Å². The van der Waals surface area contributed by atoms with Gasteiger partial charge in [-0.15, -0.1) is 6.42 Å². The molecule has 0 aliphatic heterocycles. The van der Waals surface area contributed by atoms with Gasteiger partial charge in [-0.1, -0.05) is 25.0 Å². The Morgan fingerprint density at radius 3 is 2.72 bits per heavy atom. The predicted molar refractivity (Wildman–Crippen MR) is 98.1 cm³/mol. The molecule has 0 spiro atoms. The number of nitrogens with zero attached hydrogens (tertiary/aromatic N) is 1. The van der Waals surface area contributed by atoms with E-state index < -0.39 is 0 Å². The second-order valence-corrected chi connectivity index (χ2v) is 5.14. The summed E-state index contributed by atoms with van der Waals surface area (Å²) in [7, 11) is 0. The molecule has 0 saturated carbocycles. The fraction of sp³-hybridized carbons (Fsp3) is 0.200. The molecule has 2 aromatic rings. The quantitative estimate of drug-likeness (QED) is 0.457. The highest BCUT2D eigenvalue weighted by molar-refractivity contribution is 5.95. The Labute approximate surface area is 147 Å². The molecular weight excluding hydrogens is 316 g/mol. The van der Waals surface area contributed by atoms with Crippen LogP contribution in [0, 0.1) is 12.3 Å². The summed E-state index contributed by atoms with van der Waals surface area (Å²) in [5.74, 6) is 3.50. The number of terminal acetylenes is 1. The molecule has 2 rings (SSSR count). The van der Waals surface area contributed by atoms with E-state index in [0.29, 0.717) is 17.9 Å². The molecule has 25 heavy (non-hydrogen) atoms. The third-order valence-electron chi connectivity index (χ3n) is 3.15. The van der Waals surface area contributed by atoms with Crippen molar-refractivity contribution in [1.29, 1.82) is 0 Å². The molecule has 0 atom stereocenters. The first-order valence-electron chi connectivity index (χ1n) is 7.95. The molecule has 5 nitrogen and oxygen atoms in total. The molecule has 0 bridgehead atoms. The van der Waals surface area contributed by atoms with Crippen molar-refractivity contribution in [3.8, 4) is 23.8 Å². The van der Waals surface area contributed by atoms with Crippen molar-refractivity contribution in [2.45, 2.75) is 13.3 Å². The summed E-state index contributed by atoms with van der Waals surface area (Å²) >= 11 is 0. The van der Waals surface area contributed by atoms with E-state index in [4.69, 9.17) is 15.9 Å². The average molecular weight is 336 g/mol. The van der Waals surface area contributed by atoms with Gasteiger partial charge < -0.3 is 9.47 Å². The Morgan fingerprint density at radius 1 is 1.20 bits per heavy atom. The van der Waals surface area contributed by atoms with Crippen LogP contribution >= 0.6 is 0 Å². The lowest BCUT2D eigenvalue weighted by atomic mass is 10.2. The SMILES string of the molecule is C#CCOc1cccc(/C=N/NC(=O)c2ccc(OCCC)cc2)c1. The number of carbonyl (C=O) groups excluding carboxylic acids is 1. The molecule has 2 aromatic carbocycles. The maximum absolute atomic E-state index is 12.1. The molecule has 0 saturated heterocycles. The minimum absolute atomic E-state index is 0.204. The number of benzene rings is 2. The van der Waals surface area contributed by atoms with Crippen molar-refractivity contribution in [2.75, 3.05) is 13.2 Å². The Morgan fingerprint density at radius 2 is 2.00 bits per heavy atom. The van der Waals surface area contributed by atoms with Crippen LogP contribution in [0.5, 0.6) is 11.5 Å². The lowest BCUT2D eigenvalue weighted by molar-refractivity contribution is 0.0955. The number of nitrogens with one attached hydrogen (secondary N) is 1. The first-order chi connectivity index (χ1) is 12.2. The van der Waals surface area contributed by atoms with Crippen molar-refractivity contribution in [2.24, 2.45) is 5.10 Å². The fourth-order valence-corrected chi connectivity index (χ4v) is 1.96. The van der Waals surface area contributed by atoms with Gasteiger partial charge in [-0.2, -0.15) is 5.10 Å². The van der Waals surface area contributed by atoms with E-state index in [0.717, 1.165) is 17.7 Å². The molecule has 0 unspecified atom stereocenters. The van der Waals surface area contributed by atoms with Crippen LogP contribution in [0.25, 0.3) is 0 Å². The third-order valence-corrected chi connectivity index (χ3v) is 3.15. The van der Waals surface area contributed by atoms with Gasteiger partial charge in [0.1, 0.15) is 18.1 Å². The van der Waals surface area contributed by atoms with Crippen molar-refractivity contribution < 1.29 is 14.3 Å². The second-order valence-electron chi connectivity index (χ2n) is 5.14. The molecule has 128 valence electrons. The van der Waals surface area contributed by atoms with Crippen molar-refractivity contribution >= 4 is 12.1 Å². The van der Waals surface area contributed by atoms with E-state index in [1.54, 1.807) is 42.6 Å². The molecule has 0 heterocycles. The number of hydrazone groups is 1. The molecular formula is C20H20N2O3. The molecule has 1 N–H and O–H groups in total. The van der Waals surface area contributed by atoms with Crippen LogP contribution in [0.3, 0.4) is 0 Å². The molecule has 0 aliphatic carbocycles. The lowest BCUT2D eigenvalue weighted by Gasteiger charge is -2.05. The van der Waals surface area contributed by atoms with E-state index in [9.17, 15) is 4.79 Å². The minimum atomic E-state index is -0.293. The van der Waals surface area contributed by atoms with Gasteiger partial charge in [-0.25, -0.2) is 5.43 Å². The maximum Gasteiger partial charge on any atom is 0.271 e. The molecule has 1 amide bonds. The highest BCUT2D eigenvalue weighted by Gasteiger charge is 2.04. The average Bonchev–Trinajstić information content (AvgIpc) is 2.65. The smallest absolute Gasteiger partial charge is 0.271 e. The van der Waals surface area contributed by atoms with Gasteiger partial charge in [0.15, 0.2) is 0 Å². The van der Waals surface area contributed by atoms with Gasteiger partial charge in [-0.3, -0.25) is 4.79 Å². The minimum Gasteiger partial charge on any atom is -0.494 e. The van der Waals surface area contributed by atoms with Crippen LogP contribution < -0.4 is 14.9 Å². The molecule has 0 aromatic heterocycles. The summed E-state index contributed by atoms with van der Waals surface area (Å²) in [4.78, 5) is 12.1. The van der Waals surface area contributed by atoms with Gasteiger partial charge in [0.2, 0.25) is 0 Å². The van der Waals surface area contributed by atoms with Gasteiger partial charge in [0, 0.05) is 5.56 Å². The van der Waals surface area contributed by atoms with Crippen molar-refractivity contribution in [3.63, 3.8) is 0 Å². The standard InChI is InChI=1S/C20H20N2O3/c1-3-12-24-18-10-8-17(9-11-18)20(23)22-21-15-16-6-5-7-19(14-16)25-13-4-2/h2,5-11,14-15H,3,12-13H2,1H3,(H,22,23)/b21-15+. The van der Waals surface area contributed by atoms with E-state index >= 15 is 0 Å². The number of ether oxygens (including phenoxy) is 2. The first kappa shape index (κ1) is 18.1. The number of carbonyl (C=O) groups is 1. The Balaban J connectivity index is 1.90. The number of amides is 1. The monoisotopic (exact) mass is 336 g/mol. The molecule has 0 fully saturated rings. The molecule has 0 aliphatic rings. The van der Waals surface area contributed by atoms with Crippen LogP contribution in [0.2, 0.25) is 0 Å². The van der Waals surface area contributed by atoms with Crippen molar-refractivity contribution in [1.82, 2.24) is 5.43 Å². The summed E-state index contributed by atoms with van der Waals surface area (Å²) < 4.78 is 10.8. The molecule has 5 heteroatoms. The fourth-order valence-electron chi connectivity index (χ4n) is 1.96. The lowest BCUT2D eigenvalue weighted by Crippen LogP contribution is -2.17. The first-order valence-corrected chi connectivity index (χ1v) is 7.95. The van der Waals surface area contributed by atoms with E-state index in [1.165, 1.54) is 0 Å². The van der Waals surface area contributed by atoms with Crippen LogP contribution in [0.15, 0.2) is 53.6 Å². The largest absolute Gasteiger partial charge is 0.494 e. The highest BCUT2D eigenvalue weighted by Crippen LogP contribution is 2.13. The Kier molecular flexibility index (Phi) is 7.08. The number of rotatable bonds is 8. The zero-order valence-electron chi connectivity index (χ0n) is 14.1. The van der Waals surface area contributed by atoms with Gasteiger partial charge in [0.25, 0.3) is 5.91 Å². The van der Waals surface area contributed by atoms with E-state index in [-0.39, 0.29) is 12.5 Å². The normalized spacial score (nSPS) is 10.2. The topological polar surface area (TPSA) is 59.9 Å². The zero-order valence-corrected chi connectivity index (χ0v) is 14.1. The van der Waals surface area contributed by atoms with Crippen LogP contribution in [0.1, 0.15) is 29.3 Å². The van der Waals surface area contributed by atoms with Crippen LogP contribution in [-0.2, 0) is 0 Å². The second kappa shape index (κ2) is 9.78. The van der Waals surface area contributed by atoms with Gasteiger partial charge in [0.05, 0.1) is 12.8 Å². The number of hydrogen-bond acceptors (Lipinski definition) is 4. The summed E-state index contributed by atoms with van der Waals surface area (Å²) in [6.45, 7) is 2.89. The maximum atomic E-state index is 12.1. The Hall–Kier alpha value is -3.26. The van der Waals surface area contributed by atoms with Gasteiger partial charge >= 0.3 is 0 Å². The summed E-state index contributed by atoms with van der Waals surface area (Å²) in [5, 5.41) is 3.96. The summed E-state index contributed by atoms with van der Waals surface area (Å²) in [6, 6.07) is 14.2. The predicted octanol–water partition coefficient (Wildman–Crippen LogP) is 3.25. The van der Waals surface area contributed by atoms with Crippen LogP contribution in [0.4, 0.5) is 0 Å². The Bertz CT molecular complexity index is 761. The molecule has 0 radical (unpaired) electrons. The highest BCUT2D eigenvalue weighted by atomic mass is 16.5. The van der Waals surface area contributed by atoms with E-state index in [1.807, 2.05) is 19.1 Å². The van der Waals surface area contributed by atoms with Gasteiger partial charge in [-0.05, 0) is 48.4 Å². The number of hydrogen-bond donors (Lipinski definition) is 1. The van der Waals surface area contributed by atoms with Crippen molar-refractivity contribution in [3.05, 3.63) is 59.7 Å². The van der Waals surface area contributed by atoms with Crippen LogP contribution in [-0.4, -0.2) is 25.3 Å². The third kappa shape index (κ3) is 6.04. The summed E-state index contributed by atoms with van der Waals surface area (Å²) in [5.41, 5.74) is 3.79. The summed E-state index contributed by atoms with van der Waals surface area (Å²) in [6.07, 6.45) is 7.64. The zero-order chi connectivity index (χ0) is 17.9.